The number of hydrogen-bond acceptors (Lipinski definition) is 4. The summed E-state index contributed by atoms with van der Waals surface area (Å²) < 4.78 is 8.91. The number of hydrogen-bond donors (Lipinski definition) is 0. The van der Waals surface area contributed by atoms with Crippen LogP contribution in [0.5, 0.6) is 5.75 Å². The maximum absolute atomic E-state index is 10.7. The molecule has 0 saturated carbocycles. The highest BCUT2D eigenvalue weighted by atomic mass is 35.5. The number of ether oxygens (including phenoxy) is 1. The first-order valence-corrected chi connectivity index (χ1v) is 4.61. The van der Waals surface area contributed by atoms with Crippen molar-refractivity contribution < 1.29 is 13.8 Å². The zero-order chi connectivity index (χ0) is 12.0. The van der Waals surface area contributed by atoms with E-state index in [-0.39, 0.29) is 0 Å². The summed E-state index contributed by atoms with van der Waals surface area (Å²) in [6.07, 6.45) is 2.65. The summed E-state index contributed by atoms with van der Waals surface area (Å²) >= 11 is 4.85. The van der Waals surface area contributed by atoms with Crippen LogP contribution < -0.4 is 4.74 Å². The van der Waals surface area contributed by atoms with Crippen LogP contribution in [0.4, 0.5) is 0 Å². The molecule has 16 heavy (non-hydrogen) atoms. The lowest BCUT2D eigenvalue weighted by Gasteiger charge is -2.02. The summed E-state index contributed by atoms with van der Waals surface area (Å²) in [7, 11) is 1.48. The van der Waals surface area contributed by atoms with Crippen molar-refractivity contribution in [3.05, 3.63) is 35.4 Å². The normalized spacial score (nSPS) is 9.81. The molecule has 0 unspecified atom stereocenters. The number of carbonyl (C=O) groups is 1. The molecule has 0 atom stereocenters. The Morgan fingerprint density at radius 3 is 2.88 bits per heavy atom. The molecule has 82 valence electrons. The summed E-state index contributed by atoms with van der Waals surface area (Å²) in [5, 5.41) is 8.83. The quantitative estimate of drug-likeness (QED) is 0.757. The topological polar surface area (TPSA) is 59.3 Å². The van der Waals surface area contributed by atoms with Gasteiger partial charge in [-0.3, -0.25) is 0 Å². The van der Waals surface area contributed by atoms with E-state index in [1.54, 1.807) is 18.2 Å². The van der Waals surface area contributed by atoms with Gasteiger partial charge < -0.3 is 9.03 Å². The third-order valence-electron chi connectivity index (χ3n) is 1.83. The Balaban J connectivity index is 2.97. The van der Waals surface area contributed by atoms with Crippen LogP contribution in [0.15, 0.2) is 24.3 Å². The van der Waals surface area contributed by atoms with Crippen molar-refractivity contribution in [2.24, 2.45) is 0 Å². The van der Waals surface area contributed by atoms with Gasteiger partial charge in [0.2, 0.25) is 0 Å². The van der Waals surface area contributed by atoms with Gasteiger partial charge in [-0.2, -0.15) is 5.26 Å². The van der Waals surface area contributed by atoms with Crippen molar-refractivity contribution >= 4 is 23.9 Å². The Morgan fingerprint density at radius 2 is 2.31 bits per heavy atom. The van der Waals surface area contributed by atoms with Crippen LogP contribution in [-0.2, 0) is 9.08 Å². The van der Waals surface area contributed by atoms with E-state index in [0.717, 1.165) is 6.08 Å². The van der Waals surface area contributed by atoms with Gasteiger partial charge in [0.25, 0.3) is 0 Å². The maximum atomic E-state index is 10.7. The third-order valence-corrected chi connectivity index (χ3v) is 1.98. The van der Waals surface area contributed by atoms with Crippen LogP contribution in [0, 0.1) is 11.3 Å². The van der Waals surface area contributed by atoms with Gasteiger partial charge in [-0.1, -0.05) is 6.07 Å². The molecule has 5 heteroatoms. The number of nitriles is 1. The van der Waals surface area contributed by atoms with Crippen LogP contribution >= 0.6 is 11.9 Å². The number of rotatable bonds is 3. The Kier molecular flexibility index (Phi) is 4.37. The lowest BCUT2D eigenvalue weighted by Crippen LogP contribution is -1.90. The highest BCUT2D eigenvalue weighted by Gasteiger charge is 2.02. The summed E-state index contributed by atoms with van der Waals surface area (Å²) in [6, 6.07) is 6.93. The molecule has 0 saturated heterocycles. The second kappa shape index (κ2) is 5.79. The van der Waals surface area contributed by atoms with Gasteiger partial charge in [0.05, 0.1) is 12.7 Å². The molecule has 0 aliphatic heterocycles. The van der Waals surface area contributed by atoms with E-state index < -0.39 is 5.97 Å². The molecule has 1 aromatic carbocycles. The highest BCUT2D eigenvalue weighted by Crippen LogP contribution is 2.19. The molecule has 0 amide bonds. The van der Waals surface area contributed by atoms with E-state index in [0.29, 0.717) is 16.9 Å². The fraction of sp³-hybridized carbons (Fsp3) is 0.0909. The number of methoxy groups -OCH3 is 1. The van der Waals surface area contributed by atoms with Crippen molar-refractivity contribution in [3.63, 3.8) is 0 Å². The third kappa shape index (κ3) is 3.01. The Morgan fingerprint density at radius 1 is 1.56 bits per heavy atom. The second-order valence-electron chi connectivity index (χ2n) is 2.80. The first kappa shape index (κ1) is 12.1. The first-order valence-electron chi connectivity index (χ1n) is 4.30. The molecule has 0 spiro atoms. The standard InChI is InChI=1S/C11H8ClNO3/c1-15-10-4-2-8(6-9(10)7-13)3-5-11(14)16-12/h2-6H,1H3/b5-3+. The lowest BCUT2D eigenvalue weighted by molar-refractivity contribution is -0.128. The number of nitrogens with zero attached hydrogens (tertiary/aromatic N) is 1. The van der Waals surface area contributed by atoms with Crippen molar-refractivity contribution in [2.75, 3.05) is 7.11 Å². The highest BCUT2D eigenvalue weighted by molar-refractivity contribution is 6.15. The summed E-state index contributed by atoms with van der Waals surface area (Å²) in [6.45, 7) is 0. The second-order valence-corrected chi connectivity index (χ2v) is 2.96. The van der Waals surface area contributed by atoms with Gasteiger partial charge in [-0.25, -0.2) is 4.79 Å². The molecular weight excluding hydrogens is 230 g/mol. The minimum Gasteiger partial charge on any atom is -0.495 e. The fourth-order valence-electron chi connectivity index (χ4n) is 1.11. The molecule has 1 aromatic rings. The largest absolute Gasteiger partial charge is 0.495 e. The van der Waals surface area contributed by atoms with Crippen molar-refractivity contribution in [1.82, 2.24) is 0 Å². The maximum Gasteiger partial charge on any atom is 0.349 e. The monoisotopic (exact) mass is 237 g/mol. The van der Waals surface area contributed by atoms with Crippen LogP contribution in [0.2, 0.25) is 0 Å². The fourth-order valence-corrected chi connectivity index (χ4v) is 1.16. The van der Waals surface area contributed by atoms with E-state index >= 15 is 0 Å². The van der Waals surface area contributed by atoms with Crippen LogP contribution in [0.25, 0.3) is 6.08 Å². The minimum absolute atomic E-state index is 0.392. The van der Waals surface area contributed by atoms with E-state index in [4.69, 9.17) is 21.9 Å². The zero-order valence-corrected chi connectivity index (χ0v) is 9.19. The van der Waals surface area contributed by atoms with Gasteiger partial charge in [-0.05, 0) is 23.8 Å². The molecule has 0 N–H and O–H groups in total. The van der Waals surface area contributed by atoms with Gasteiger partial charge in [0.1, 0.15) is 23.7 Å². The van der Waals surface area contributed by atoms with E-state index in [9.17, 15) is 4.79 Å². The van der Waals surface area contributed by atoms with E-state index in [2.05, 4.69) is 4.29 Å². The number of halogens is 1. The lowest BCUT2D eigenvalue weighted by atomic mass is 10.1. The summed E-state index contributed by atoms with van der Waals surface area (Å²) in [5.74, 6) is -0.185. The molecule has 4 nitrogen and oxygen atoms in total. The molecule has 0 radical (unpaired) electrons. The van der Waals surface area contributed by atoms with Gasteiger partial charge >= 0.3 is 5.97 Å². The average Bonchev–Trinajstić information content (AvgIpc) is 2.35. The predicted molar refractivity (Wildman–Crippen MR) is 58.7 cm³/mol. The number of carbonyl (C=O) groups excluding carboxylic acids is 1. The smallest absolute Gasteiger partial charge is 0.349 e. The minimum atomic E-state index is -0.670. The molecule has 1 rings (SSSR count). The molecule has 0 aliphatic carbocycles. The molecule has 0 fully saturated rings. The SMILES string of the molecule is COc1ccc(/C=C/C(=O)OCl)cc1C#N. The predicted octanol–water partition coefficient (Wildman–Crippen LogP) is 2.28. The Bertz CT molecular complexity index is 463. The van der Waals surface area contributed by atoms with Gasteiger partial charge in [0, 0.05) is 6.08 Å². The van der Waals surface area contributed by atoms with Gasteiger partial charge in [0.15, 0.2) is 0 Å². The van der Waals surface area contributed by atoms with Gasteiger partial charge in [-0.15, -0.1) is 0 Å². The van der Waals surface area contributed by atoms with E-state index in [1.807, 2.05) is 6.07 Å². The first-order chi connectivity index (χ1) is 7.71. The Hall–Kier alpha value is -1.99. The Labute approximate surface area is 97.8 Å². The van der Waals surface area contributed by atoms with Crippen molar-refractivity contribution in [3.8, 4) is 11.8 Å². The molecule has 0 heterocycles. The van der Waals surface area contributed by atoms with Crippen LogP contribution in [-0.4, -0.2) is 13.1 Å². The van der Waals surface area contributed by atoms with Crippen LogP contribution in [0.1, 0.15) is 11.1 Å². The summed E-state index contributed by atoms with van der Waals surface area (Å²) in [4.78, 5) is 10.7. The number of benzene rings is 1. The molecular formula is C11H8ClNO3. The summed E-state index contributed by atoms with van der Waals surface area (Å²) in [5.41, 5.74) is 1.07. The van der Waals surface area contributed by atoms with Crippen molar-refractivity contribution in [1.29, 1.82) is 5.26 Å². The van der Waals surface area contributed by atoms with Crippen LogP contribution in [0.3, 0.4) is 0 Å². The van der Waals surface area contributed by atoms with E-state index in [1.165, 1.54) is 13.2 Å². The molecule has 0 aliphatic rings. The zero-order valence-electron chi connectivity index (χ0n) is 8.44. The van der Waals surface area contributed by atoms with Crippen molar-refractivity contribution in [2.45, 2.75) is 0 Å². The average molecular weight is 238 g/mol. The molecule has 0 bridgehead atoms. The molecule has 0 aromatic heterocycles.